The van der Waals surface area contributed by atoms with Crippen molar-refractivity contribution in [1.29, 1.82) is 0 Å². The highest BCUT2D eigenvalue weighted by Gasteiger charge is 2.07. The molecule has 0 spiro atoms. The number of benzene rings is 2. The van der Waals surface area contributed by atoms with E-state index in [4.69, 9.17) is 5.73 Å². The molecule has 0 saturated carbocycles. The first-order chi connectivity index (χ1) is 8.20. The van der Waals surface area contributed by atoms with E-state index >= 15 is 0 Å². The van der Waals surface area contributed by atoms with Crippen molar-refractivity contribution in [2.24, 2.45) is 5.73 Å². The maximum Gasteiger partial charge on any atom is 0.128 e. The van der Waals surface area contributed by atoms with Gasteiger partial charge in [-0.1, -0.05) is 35.5 Å². The van der Waals surface area contributed by atoms with Crippen LogP contribution in [0.4, 0.5) is 4.39 Å². The summed E-state index contributed by atoms with van der Waals surface area (Å²) in [7, 11) is 0. The quantitative estimate of drug-likeness (QED) is 0.894. The van der Waals surface area contributed by atoms with Crippen molar-refractivity contribution in [3.05, 3.63) is 59.4 Å². The fourth-order valence-electron chi connectivity index (χ4n) is 1.64. The second-order valence-electron chi connectivity index (χ2n) is 3.84. The first-order valence-electron chi connectivity index (χ1n) is 5.42. The van der Waals surface area contributed by atoms with Crippen LogP contribution in [0.3, 0.4) is 0 Å². The number of rotatable bonds is 3. The zero-order chi connectivity index (χ0) is 12.3. The molecular weight excluding hydrogens is 233 g/mol. The minimum atomic E-state index is -0.231. The van der Waals surface area contributed by atoms with Crippen molar-refractivity contribution in [3.63, 3.8) is 0 Å². The average Bonchev–Trinajstić information content (AvgIpc) is 2.29. The third-order valence-electron chi connectivity index (χ3n) is 2.50. The van der Waals surface area contributed by atoms with Crippen LogP contribution in [0.15, 0.2) is 52.3 Å². The van der Waals surface area contributed by atoms with E-state index in [2.05, 4.69) is 6.07 Å². The molecule has 0 saturated heterocycles. The van der Waals surface area contributed by atoms with E-state index in [1.54, 1.807) is 17.8 Å². The largest absolute Gasteiger partial charge is 0.326 e. The molecule has 0 bridgehead atoms. The van der Waals surface area contributed by atoms with Gasteiger partial charge >= 0.3 is 0 Å². The second kappa shape index (κ2) is 5.34. The van der Waals surface area contributed by atoms with Gasteiger partial charge in [-0.15, -0.1) is 0 Å². The SMILES string of the molecule is Cc1cccc(Sc2cccc(F)c2CN)c1. The smallest absolute Gasteiger partial charge is 0.128 e. The van der Waals surface area contributed by atoms with Crippen LogP contribution < -0.4 is 5.73 Å². The van der Waals surface area contributed by atoms with Crippen molar-refractivity contribution >= 4 is 11.8 Å². The highest BCUT2D eigenvalue weighted by atomic mass is 32.2. The maximum atomic E-state index is 13.5. The Labute approximate surface area is 105 Å². The van der Waals surface area contributed by atoms with E-state index in [1.165, 1.54) is 11.6 Å². The van der Waals surface area contributed by atoms with Crippen LogP contribution in [0.1, 0.15) is 11.1 Å². The van der Waals surface area contributed by atoms with Gasteiger partial charge in [0, 0.05) is 21.9 Å². The Hall–Kier alpha value is -1.32. The summed E-state index contributed by atoms with van der Waals surface area (Å²) in [5.41, 5.74) is 7.36. The third kappa shape index (κ3) is 2.87. The van der Waals surface area contributed by atoms with Crippen LogP contribution in [-0.4, -0.2) is 0 Å². The van der Waals surface area contributed by atoms with Gasteiger partial charge in [0.2, 0.25) is 0 Å². The van der Waals surface area contributed by atoms with Gasteiger partial charge in [-0.05, 0) is 31.2 Å². The Morgan fingerprint density at radius 1 is 1.18 bits per heavy atom. The van der Waals surface area contributed by atoms with E-state index in [-0.39, 0.29) is 12.4 Å². The molecule has 17 heavy (non-hydrogen) atoms. The predicted molar refractivity (Wildman–Crippen MR) is 69.6 cm³/mol. The van der Waals surface area contributed by atoms with E-state index in [0.717, 1.165) is 9.79 Å². The third-order valence-corrected chi connectivity index (χ3v) is 3.59. The van der Waals surface area contributed by atoms with Gasteiger partial charge in [-0.3, -0.25) is 0 Å². The lowest BCUT2D eigenvalue weighted by atomic mass is 10.2. The van der Waals surface area contributed by atoms with Gasteiger partial charge in [-0.2, -0.15) is 0 Å². The summed E-state index contributed by atoms with van der Waals surface area (Å²) < 4.78 is 13.5. The van der Waals surface area contributed by atoms with Crippen LogP contribution in [0.25, 0.3) is 0 Å². The Bertz CT molecular complexity index is 525. The first-order valence-corrected chi connectivity index (χ1v) is 6.24. The molecule has 0 unspecified atom stereocenters. The number of halogens is 1. The number of hydrogen-bond donors (Lipinski definition) is 1. The van der Waals surface area contributed by atoms with Crippen LogP contribution in [-0.2, 0) is 6.54 Å². The minimum Gasteiger partial charge on any atom is -0.326 e. The lowest BCUT2D eigenvalue weighted by Crippen LogP contribution is -2.01. The summed E-state index contributed by atoms with van der Waals surface area (Å²) in [6.45, 7) is 2.26. The number of hydrogen-bond acceptors (Lipinski definition) is 2. The summed E-state index contributed by atoms with van der Waals surface area (Å²) in [5, 5.41) is 0. The van der Waals surface area contributed by atoms with Crippen molar-refractivity contribution in [2.75, 3.05) is 0 Å². The van der Waals surface area contributed by atoms with Crippen LogP contribution in [0.2, 0.25) is 0 Å². The van der Waals surface area contributed by atoms with Gasteiger partial charge in [0.15, 0.2) is 0 Å². The molecule has 0 aromatic heterocycles. The summed E-state index contributed by atoms with van der Waals surface area (Å²) in [4.78, 5) is 1.99. The Morgan fingerprint density at radius 2 is 1.94 bits per heavy atom. The summed E-state index contributed by atoms with van der Waals surface area (Å²) >= 11 is 1.55. The first kappa shape index (κ1) is 12.1. The van der Waals surface area contributed by atoms with E-state index < -0.39 is 0 Å². The van der Waals surface area contributed by atoms with Gasteiger partial charge in [0.1, 0.15) is 5.82 Å². The number of nitrogens with two attached hydrogens (primary N) is 1. The summed E-state index contributed by atoms with van der Waals surface area (Å²) in [6, 6.07) is 13.2. The molecule has 2 N–H and O–H groups in total. The summed E-state index contributed by atoms with van der Waals surface area (Å²) in [6.07, 6.45) is 0. The Morgan fingerprint density at radius 3 is 2.65 bits per heavy atom. The molecule has 0 aliphatic rings. The van der Waals surface area contributed by atoms with Crippen molar-refractivity contribution in [3.8, 4) is 0 Å². The highest BCUT2D eigenvalue weighted by molar-refractivity contribution is 7.99. The zero-order valence-electron chi connectivity index (χ0n) is 9.61. The molecule has 0 aliphatic carbocycles. The monoisotopic (exact) mass is 247 g/mol. The highest BCUT2D eigenvalue weighted by Crippen LogP contribution is 2.31. The fourth-order valence-corrected chi connectivity index (χ4v) is 2.73. The van der Waals surface area contributed by atoms with Crippen LogP contribution in [0, 0.1) is 12.7 Å². The van der Waals surface area contributed by atoms with Gasteiger partial charge in [0.05, 0.1) is 0 Å². The zero-order valence-corrected chi connectivity index (χ0v) is 10.4. The van der Waals surface area contributed by atoms with Crippen LogP contribution in [0.5, 0.6) is 0 Å². The molecular formula is C14H14FNS. The fraction of sp³-hybridized carbons (Fsp3) is 0.143. The normalized spacial score (nSPS) is 10.5. The summed E-state index contributed by atoms with van der Waals surface area (Å²) in [5.74, 6) is -0.231. The topological polar surface area (TPSA) is 26.0 Å². The van der Waals surface area contributed by atoms with Crippen molar-refractivity contribution < 1.29 is 4.39 Å². The molecule has 2 rings (SSSR count). The maximum absolute atomic E-state index is 13.5. The van der Waals surface area contributed by atoms with E-state index in [9.17, 15) is 4.39 Å². The molecule has 0 radical (unpaired) electrons. The molecule has 3 heteroatoms. The molecule has 88 valence electrons. The molecule has 0 aliphatic heterocycles. The molecule has 1 nitrogen and oxygen atoms in total. The molecule has 0 heterocycles. The predicted octanol–water partition coefficient (Wildman–Crippen LogP) is 3.74. The van der Waals surface area contributed by atoms with Crippen molar-refractivity contribution in [2.45, 2.75) is 23.3 Å². The molecule has 2 aromatic carbocycles. The Kier molecular flexibility index (Phi) is 3.82. The molecule has 0 fully saturated rings. The second-order valence-corrected chi connectivity index (χ2v) is 4.95. The molecule has 2 aromatic rings. The molecule has 0 amide bonds. The lowest BCUT2D eigenvalue weighted by Gasteiger charge is -2.08. The number of aryl methyl sites for hydroxylation is 1. The van der Waals surface area contributed by atoms with E-state index in [0.29, 0.717) is 5.56 Å². The standard InChI is InChI=1S/C14H14FNS/c1-10-4-2-5-11(8-10)17-14-7-3-6-13(15)12(14)9-16/h2-8H,9,16H2,1H3. The molecule has 0 atom stereocenters. The average molecular weight is 247 g/mol. The van der Waals surface area contributed by atoms with Gasteiger partial charge < -0.3 is 5.73 Å². The van der Waals surface area contributed by atoms with Crippen molar-refractivity contribution in [1.82, 2.24) is 0 Å². The lowest BCUT2D eigenvalue weighted by molar-refractivity contribution is 0.604. The van der Waals surface area contributed by atoms with E-state index in [1.807, 2.05) is 31.2 Å². The van der Waals surface area contributed by atoms with Crippen LogP contribution >= 0.6 is 11.8 Å². The minimum absolute atomic E-state index is 0.223. The van der Waals surface area contributed by atoms with Gasteiger partial charge in [0.25, 0.3) is 0 Å². The Balaban J connectivity index is 2.33. The van der Waals surface area contributed by atoms with Gasteiger partial charge in [-0.25, -0.2) is 4.39 Å².